The molecule has 1 saturated carbocycles. The summed E-state index contributed by atoms with van der Waals surface area (Å²) in [6.07, 6.45) is 9.73. The van der Waals surface area contributed by atoms with Crippen molar-refractivity contribution < 1.29 is 4.79 Å². The molecule has 3 rings (SSSR count). The van der Waals surface area contributed by atoms with E-state index in [4.69, 9.17) is 17.3 Å². The van der Waals surface area contributed by atoms with Gasteiger partial charge in [0, 0.05) is 0 Å². The third-order valence-electron chi connectivity index (χ3n) is 6.63. The second-order valence-corrected chi connectivity index (χ2v) is 10.3. The van der Waals surface area contributed by atoms with Crippen molar-refractivity contribution in [3.63, 3.8) is 0 Å². The average Bonchev–Trinajstić information content (AvgIpc) is 2.70. The van der Waals surface area contributed by atoms with E-state index in [0.29, 0.717) is 5.91 Å². The molecule has 2 unspecified atom stereocenters. The summed E-state index contributed by atoms with van der Waals surface area (Å²) in [6.45, 7) is 2.55. The molecule has 0 spiro atoms. The predicted octanol–water partition coefficient (Wildman–Crippen LogP) is 3.45. The fourth-order valence-corrected chi connectivity index (χ4v) is 6.00. The number of amides is 1. The number of likely N-dealkylation sites (tertiary alicyclic amines) is 1. The van der Waals surface area contributed by atoms with Gasteiger partial charge in [0.25, 0.3) is 0 Å². The van der Waals surface area contributed by atoms with Crippen LogP contribution in [0.25, 0.3) is 0 Å². The van der Waals surface area contributed by atoms with Crippen molar-refractivity contribution in [2.24, 2.45) is 17.1 Å². The van der Waals surface area contributed by atoms with Crippen molar-refractivity contribution in [1.82, 2.24) is 4.90 Å². The van der Waals surface area contributed by atoms with Gasteiger partial charge in [-0.3, -0.25) is 0 Å². The third kappa shape index (κ3) is 4.66. The first-order valence-corrected chi connectivity index (χ1v) is 11.8. The Balaban J connectivity index is 1.56. The van der Waals surface area contributed by atoms with Crippen molar-refractivity contribution >= 4 is 34.4 Å². The molecule has 0 bridgehead atoms. The Labute approximate surface area is 171 Å². The van der Waals surface area contributed by atoms with E-state index in [1.54, 1.807) is 0 Å². The number of benzene rings is 1. The SMILES string of the molecule is NCC1(C2CCCCC2)CCN(C(=O)C([AsH2])Cc2ccc(Cl)cc2)CC1. The van der Waals surface area contributed by atoms with E-state index in [2.05, 4.69) is 4.90 Å². The monoisotopic (exact) mass is 438 g/mol. The summed E-state index contributed by atoms with van der Waals surface area (Å²) in [4.78, 5) is 15.0. The summed E-state index contributed by atoms with van der Waals surface area (Å²) in [5, 5.41) is 0.745. The second kappa shape index (κ2) is 9.13. The molecule has 1 heterocycles. The van der Waals surface area contributed by atoms with Crippen LogP contribution in [-0.2, 0) is 11.2 Å². The fourth-order valence-electron chi connectivity index (χ4n) is 4.86. The molecule has 1 aliphatic carbocycles. The molecule has 2 N–H and O–H groups in total. The number of halogens is 1. The molecule has 2 fully saturated rings. The van der Waals surface area contributed by atoms with E-state index in [1.165, 1.54) is 54.5 Å². The first-order chi connectivity index (χ1) is 12.5. The van der Waals surface area contributed by atoms with Crippen LogP contribution in [0.1, 0.15) is 50.5 Å². The van der Waals surface area contributed by atoms with Crippen molar-refractivity contribution in [3.05, 3.63) is 34.9 Å². The zero-order chi connectivity index (χ0) is 18.6. The molecule has 1 aliphatic heterocycles. The molecule has 5 heteroatoms. The van der Waals surface area contributed by atoms with E-state index in [1.807, 2.05) is 24.3 Å². The fraction of sp³-hybridized carbons (Fsp3) is 0.667. The molecular formula is C21H32AsClN2O. The summed E-state index contributed by atoms with van der Waals surface area (Å²) in [5.41, 5.74) is 7.72. The maximum atomic E-state index is 12.9. The van der Waals surface area contributed by atoms with Gasteiger partial charge in [-0.2, -0.15) is 0 Å². The standard InChI is InChI=1S/C21H32AsClN2O/c22-19(14-16-6-8-18(23)9-7-16)20(26)25-12-10-21(15-24,11-13-25)17-4-2-1-3-5-17/h6-9,17,19H,1-5,10-15,22,24H2. The number of carbonyl (C=O) groups excluding carboxylic acids is 1. The van der Waals surface area contributed by atoms with E-state index in [0.717, 1.165) is 49.8 Å². The molecule has 1 saturated heterocycles. The van der Waals surface area contributed by atoms with Gasteiger partial charge < -0.3 is 0 Å². The van der Waals surface area contributed by atoms with E-state index in [-0.39, 0.29) is 10.1 Å². The van der Waals surface area contributed by atoms with Crippen molar-refractivity contribution in [2.45, 2.75) is 56.1 Å². The Morgan fingerprint density at radius 3 is 2.38 bits per heavy atom. The van der Waals surface area contributed by atoms with Gasteiger partial charge in [0.05, 0.1) is 0 Å². The van der Waals surface area contributed by atoms with Crippen molar-refractivity contribution in [3.8, 4) is 0 Å². The number of rotatable bonds is 5. The van der Waals surface area contributed by atoms with Crippen LogP contribution in [0.3, 0.4) is 0 Å². The van der Waals surface area contributed by atoms with Gasteiger partial charge >= 0.3 is 172 Å². The van der Waals surface area contributed by atoms with Gasteiger partial charge in [-0.15, -0.1) is 0 Å². The van der Waals surface area contributed by atoms with Crippen LogP contribution < -0.4 is 5.73 Å². The first kappa shape index (κ1) is 20.2. The summed E-state index contributed by atoms with van der Waals surface area (Å²) < 4.78 is 0.0729. The number of carbonyl (C=O) groups is 1. The van der Waals surface area contributed by atoms with Crippen LogP contribution in [0.5, 0.6) is 0 Å². The van der Waals surface area contributed by atoms with Crippen LogP contribution in [0, 0.1) is 11.3 Å². The van der Waals surface area contributed by atoms with Gasteiger partial charge in [0.2, 0.25) is 0 Å². The van der Waals surface area contributed by atoms with Gasteiger partial charge in [-0.25, -0.2) is 0 Å². The molecule has 0 aromatic heterocycles. The zero-order valence-electron chi connectivity index (χ0n) is 15.6. The molecule has 144 valence electrons. The first-order valence-electron chi connectivity index (χ1n) is 10.0. The molecule has 26 heavy (non-hydrogen) atoms. The van der Waals surface area contributed by atoms with Crippen LogP contribution in [-0.4, -0.2) is 47.3 Å². The Hall–Kier alpha value is -0.502. The maximum absolute atomic E-state index is 12.9. The van der Waals surface area contributed by atoms with Crippen molar-refractivity contribution in [2.75, 3.05) is 19.6 Å². The van der Waals surface area contributed by atoms with E-state index in [9.17, 15) is 4.79 Å². The van der Waals surface area contributed by atoms with Crippen LogP contribution >= 0.6 is 11.6 Å². The van der Waals surface area contributed by atoms with Crippen LogP contribution in [0.15, 0.2) is 24.3 Å². The predicted molar refractivity (Wildman–Crippen MR) is 111 cm³/mol. The van der Waals surface area contributed by atoms with Crippen LogP contribution in [0.4, 0.5) is 0 Å². The number of nitrogens with zero attached hydrogens (tertiary/aromatic N) is 1. The van der Waals surface area contributed by atoms with Gasteiger partial charge in [-0.05, 0) is 0 Å². The Kier molecular flexibility index (Phi) is 7.10. The Bertz CT molecular complexity index is 593. The van der Waals surface area contributed by atoms with Gasteiger partial charge in [0.15, 0.2) is 0 Å². The summed E-state index contributed by atoms with van der Waals surface area (Å²) >= 11 is 7.48. The molecule has 2 aliphatic rings. The normalized spacial score (nSPS) is 22.2. The number of hydrogen-bond donors (Lipinski definition) is 1. The molecule has 0 radical (unpaired) electrons. The average molecular weight is 439 g/mol. The summed E-state index contributed by atoms with van der Waals surface area (Å²) in [5.74, 6) is 1.09. The molecular weight excluding hydrogens is 407 g/mol. The Morgan fingerprint density at radius 2 is 1.81 bits per heavy atom. The molecule has 1 aromatic rings. The van der Waals surface area contributed by atoms with Gasteiger partial charge in [0.1, 0.15) is 0 Å². The minimum absolute atomic E-state index is 0.0729. The van der Waals surface area contributed by atoms with E-state index >= 15 is 0 Å². The summed E-state index contributed by atoms with van der Waals surface area (Å²) in [6, 6.07) is 7.87. The van der Waals surface area contributed by atoms with Gasteiger partial charge in [-0.1, -0.05) is 0 Å². The number of hydrogen-bond acceptors (Lipinski definition) is 2. The number of nitrogens with two attached hydrogens (primary N) is 1. The van der Waals surface area contributed by atoms with E-state index < -0.39 is 0 Å². The zero-order valence-corrected chi connectivity index (χ0v) is 18.8. The number of piperidine rings is 1. The molecule has 2 atom stereocenters. The van der Waals surface area contributed by atoms with Crippen molar-refractivity contribution in [1.29, 1.82) is 0 Å². The molecule has 1 amide bonds. The quantitative estimate of drug-likeness (QED) is 0.716. The molecule has 1 aromatic carbocycles. The third-order valence-corrected chi connectivity index (χ3v) is 7.98. The topological polar surface area (TPSA) is 46.3 Å². The summed E-state index contributed by atoms with van der Waals surface area (Å²) in [7, 11) is 0. The van der Waals surface area contributed by atoms with Crippen LogP contribution in [0.2, 0.25) is 9.73 Å². The minimum atomic E-state index is 0.0729. The Morgan fingerprint density at radius 1 is 1.19 bits per heavy atom. The molecule has 3 nitrogen and oxygen atoms in total. The second-order valence-electron chi connectivity index (χ2n) is 8.16.